The standard InChI is InChI=1S/C20H23FN4O5/c1-12-18-23-16(17(26)20(28)25(18)6-9-30-12)19(27)22-11-13-2-3-14(10-15(13)21)24-4-7-29-8-5-24/h2-3,10,12,26H,4-9,11H2,1H3,(H,22,27). The predicted octanol–water partition coefficient (Wildman–Crippen LogP) is 0.946. The summed E-state index contributed by atoms with van der Waals surface area (Å²) in [5, 5.41) is 12.7. The van der Waals surface area contributed by atoms with E-state index in [1.165, 1.54) is 10.6 Å². The Bertz CT molecular complexity index is 1020. The van der Waals surface area contributed by atoms with Crippen molar-refractivity contribution in [2.75, 3.05) is 37.8 Å². The van der Waals surface area contributed by atoms with Crippen molar-refractivity contribution in [3.8, 4) is 5.75 Å². The van der Waals surface area contributed by atoms with Crippen LogP contribution in [0.1, 0.15) is 34.9 Å². The number of rotatable bonds is 4. The summed E-state index contributed by atoms with van der Waals surface area (Å²) in [6.45, 7) is 4.75. The number of amides is 1. The van der Waals surface area contributed by atoms with Crippen molar-refractivity contribution >= 4 is 11.6 Å². The van der Waals surface area contributed by atoms with Crippen LogP contribution < -0.4 is 15.8 Å². The molecule has 0 saturated carbocycles. The van der Waals surface area contributed by atoms with E-state index in [9.17, 15) is 19.1 Å². The van der Waals surface area contributed by atoms with Gasteiger partial charge in [0.2, 0.25) is 5.75 Å². The quantitative estimate of drug-likeness (QED) is 0.761. The zero-order valence-corrected chi connectivity index (χ0v) is 16.6. The molecule has 1 saturated heterocycles. The van der Waals surface area contributed by atoms with Gasteiger partial charge in [-0.2, -0.15) is 0 Å². The summed E-state index contributed by atoms with van der Waals surface area (Å²) in [6.07, 6.45) is -0.483. The SMILES string of the molecule is CC1OCCn2c1nc(C(=O)NCc1ccc(N3CCOCC3)cc1F)c(O)c2=O. The maximum absolute atomic E-state index is 14.5. The van der Waals surface area contributed by atoms with Gasteiger partial charge in [-0.15, -0.1) is 0 Å². The second-order valence-electron chi connectivity index (χ2n) is 7.19. The van der Waals surface area contributed by atoms with Gasteiger partial charge in [0.15, 0.2) is 5.69 Å². The average Bonchev–Trinajstić information content (AvgIpc) is 2.76. The van der Waals surface area contributed by atoms with Gasteiger partial charge in [-0.05, 0) is 19.1 Å². The summed E-state index contributed by atoms with van der Waals surface area (Å²) in [4.78, 5) is 31.1. The molecular formula is C20H23FN4O5. The highest BCUT2D eigenvalue weighted by molar-refractivity contribution is 5.94. The zero-order chi connectivity index (χ0) is 21.3. The molecule has 1 unspecified atom stereocenters. The number of nitrogens with zero attached hydrogens (tertiary/aromatic N) is 3. The molecule has 1 aromatic carbocycles. The molecule has 0 spiro atoms. The summed E-state index contributed by atoms with van der Waals surface area (Å²) < 4.78 is 26.6. The minimum atomic E-state index is -0.762. The van der Waals surface area contributed by atoms with E-state index in [0.29, 0.717) is 32.9 Å². The van der Waals surface area contributed by atoms with Crippen LogP contribution in [0.3, 0.4) is 0 Å². The largest absolute Gasteiger partial charge is 0.501 e. The Kier molecular flexibility index (Phi) is 5.69. The van der Waals surface area contributed by atoms with Gasteiger partial charge in [-0.25, -0.2) is 9.37 Å². The van der Waals surface area contributed by atoms with Crippen LogP contribution in [-0.2, 0) is 22.6 Å². The van der Waals surface area contributed by atoms with Crippen molar-refractivity contribution in [2.24, 2.45) is 0 Å². The van der Waals surface area contributed by atoms with E-state index in [1.54, 1.807) is 19.1 Å². The van der Waals surface area contributed by atoms with Crippen LogP contribution in [0.2, 0.25) is 0 Å². The van der Waals surface area contributed by atoms with Crippen molar-refractivity contribution in [2.45, 2.75) is 26.1 Å². The zero-order valence-electron chi connectivity index (χ0n) is 16.6. The normalized spacial score (nSPS) is 18.7. The summed E-state index contributed by atoms with van der Waals surface area (Å²) >= 11 is 0. The summed E-state index contributed by atoms with van der Waals surface area (Å²) in [6, 6.07) is 4.81. The third-order valence-corrected chi connectivity index (χ3v) is 5.29. The van der Waals surface area contributed by atoms with Crippen LogP contribution in [-0.4, -0.2) is 53.5 Å². The van der Waals surface area contributed by atoms with Crippen molar-refractivity contribution < 1.29 is 23.8 Å². The van der Waals surface area contributed by atoms with Crippen LogP contribution in [0.25, 0.3) is 0 Å². The summed E-state index contributed by atoms with van der Waals surface area (Å²) in [5.74, 6) is -1.67. The van der Waals surface area contributed by atoms with Crippen molar-refractivity contribution in [3.05, 3.63) is 51.5 Å². The number of morpholine rings is 1. The Morgan fingerprint density at radius 3 is 2.80 bits per heavy atom. The molecule has 2 aromatic rings. The second kappa shape index (κ2) is 8.41. The van der Waals surface area contributed by atoms with E-state index in [4.69, 9.17) is 9.47 Å². The first kappa shape index (κ1) is 20.3. The fourth-order valence-corrected chi connectivity index (χ4v) is 3.60. The molecule has 2 aliphatic rings. The number of aromatic hydroxyl groups is 1. The van der Waals surface area contributed by atoms with E-state index >= 15 is 0 Å². The number of hydrogen-bond acceptors (Lipinski definition) is 7. The number of benzene rings is 1. The van der Waals surface area contributed by atoms with Crippen LogP contribution in [0.15, 0.2) is 23.0 Å². The van der Waals surface area contributed by atoms with Crippen LogP contribution >= 0.6 is 0 Å². The maximum Gasteiger partial charge on any atom is 0.296 e. The second-order valence-corrected chi connectivity index (χ2v) is 7.19. The van der Waals surface area contributed by atoms with E-state index in [0.717, 1.165) is 5.69 Å². The number of halogens is 1. The van der Waals surface area contributed by atoms with Gasteiger partial charge in [0, 0.05) is 30.9 Å². The number of nitrogens with one attached hydrogen (secondary N) is 1. The van der Waals surface area contributed by atoms with Gasteiger partial charge in [-0.1, -0.05) is 6.07 Å². The minimum absolute atomic E-state index is 0.111. The van der Waals surface area contributed by atoms with Crippen molar-refractivity contribution in [3.63, 3.8) is 0 Å². The highest BCUT2D eigenvalue weighted by Crippen LogP contribution is 2.22. The molecule has 0 aliphatic carbocycles. The smallest absolute Gasteiger partial charge is 0.296 e. The van der Waals surface area contributed by atoms with Crippen LogP contribution in [0.4, 0.5) is 10.1 Å². The predicted molar refractivity (Wildman–Crippen MR) is 105 cm³/mol. The van der Waals surface area contributed by atoms with E-state index in [-0.39, 0.29) is 24.5 Å². The van der Waals surface area contributed by atoms with Gasteiger partial charge in [-0.3, -0.25) is 14.2 Å². The highest BCUT2D eigenvalue weighted by Gasteiger charge is 2.26. The van der Waals surface area contributed by atoms with E-state index < -0.39 is 34.8 Å². The fourth-order valence-electron chi connectivity index (χ4n) is 3.60. The summed E-state index contributed by atoms with van der Waals surface area (Å²) in [5.41, 5.74) is -0.0524. The van der Waals surface area contributed by atoms with Crippen LogP contribution in [0, 0.1) is 5.82 Å². The molecular weight excluding hydrogens is 395 g/mol. The Labute approximate surface area is 172 Å². The number of anilines is 1. The molecule has 3 heterocycles. The lowest BCUT2D eigenvalue weighted by Gasteiger charge is -2.29. The molecule has 9 nitrogen and oxygen atoms in total. The minimum Gasteiger partial charge on any atom is -0.501 e. The number of carbonyl (C=O) groups excluding carboxylic acids is 1. The summed E-state index contributed by atoms with van der Waals surface area (Å²) in [7, 11) is 0. The van der Waals surface area contributed by atoms with Gasteiger partial charge in [0.25, 0.3) is 11.5 Å². The average molecular weight is 418 g/mol. The third kappa shape index (κ3) is 3.88. The third-order valence-electron chi connectivity index (χ3n) is 5.29. The topological polar surface area (TPSA) is 106 Å². The first-order valence-corrected chi connectivity index (χ1v) is 9.80. The Morgan fingerprint density at radius 2 is 2.07 bits per heavy atom. The molecule has 1 amide bonds. The lowest BCUT2D eigenvalue weighted by atomic mass is 10.1. The number of aromatic nitrogens is 2. The molecule has 1 fully saturated rings. The fraction of sp³-hybridized carbons (Fsp3) is 0.450. The lowest BCUT2D eigenvalue weighted by Crippen LogP contribution is -2.36. The molecule has 4 rings (SSSR count). The first-order chi connectivity index (χ1) is 14.5. The molecule has 1 atom stereocenters. The number of ether oxygens (including phenoxy) is 2. The molecule has 2 aliphatic heterocycles. The highest BCUT2D eigenvalue weighted by atomic mass is 19.1. The van der Waals surface area contributed by atoms with Crippen LogP contribution in [0.5, 0.6) is 5.75 Å². The monoisotopic (exact) mass is 418 g/mol. The first-order valence-electron chi connectivity index (χ1n) is 9.80. The van der Waals surface area contributed by atoms with E-state index in [2.05, 4.69) is 10.3 Å². The Hall–Kier alpha value is -2.98. The maximum atomic E-state index is 14.5. The number of hydrogen-bond donors (Lipinski definition) is 2. The number of carbonyl (C=O) groups is 1. The Balaban J connectivity index is 1.49. The van der Waals surface area contributed by atoms with E-state index in [1.807, 2.05) is 4.90 Å². The van der Waals surface area contributed by atoms with Crippen molar-refractivity contribution in [1.29, 1.82) is 0 Å². The van der Waals surface area contributed by atoms with Gasteiger partial charge in [0.05, 0.1) is 26.4 Å². The Morgan fingerprint density at radius 1 is 1.30 bits per heavy atom. The molecule has 30 heavy (non-hydrogen) atoms. The number of fused-ring (bicyclic) bond motifs is 1. The van der Waals surface area contributed by atoms with Gasteiger partial charge in [0.1, 0.15) is 17.7 Å². The lowest BCUT2D eigenvalue weighted by molar-refractivity contribution is 0.0256. The molecule has 10 heteroatoms. The molecule has 0 bridgehead atoms. The van der Waals surface area contributed by atoms with Gasteiger partial charge < -0.3 is 24.8 Å². The molecule has 0 radical (unpaired) electrons. The molecule has 1 aromatic heterocycles. The van der Waals surface area contributed by atoms with Crippen molar-refractivity contribution in [1.82, 2.24) is 14.9 Å². The molecule has 160 valence electrons. The molecule has 2 N–H and O–H groups in total. The van der Waals surface area contributed by atoms with Gasteiger partial charge >= 0.3 is 0 Å².